The molecule has 6 nitrogen and oxygen atoms in total. The van der Waals surface area contributed by atoms with Gasteiger partial charge < -0.3 is 4.90 Å². The molecule has 0 heterocycles. The van der Waals surface area contributed by atoms with Crippen molar-refractivity contribution in [3.05, 3.63) is 63.2 Å². The Balaban J connectivity index is 2.30. The molecular formula is C15H12F4N4O2. The second kappa shape index (κ2) is 7.16. The number of anilines is 2. The van der Waals surface area contributed by atoms with Crippen LogP contribution in [0.5, 0.6) is 0 Å². The zero-order valence-electron chi connectivity index (χ0n) is 13.1. The lowest BCUT2D eigenvalue weighted by Crippen LogP contribution is -2.11. The summed E-state index contributed by atoms with van der Waals surface area (Å²) in [5.41, 5.74) is 1.13. The van der Waals surface area contributed by atoms with Crippen LogP contribution >= 0.6 is 0 Å². The summed E-state index contributed by atoms with van der Waals surface area (Å²) in [6.45, 7) is 0. The minimum Gasteiger partial charge on any atom is -0.372 e. The number of nitro benzene ring substituents is 1. The van der Waals surface area contributed by atoms with E-state index < -0.39 is 33.9 Å². The Morgan fingerprint density at radius 2 is 1.72 bits per heavy atom. The van der Waals surface area contributed by atoms with Crippen LogP contribution in [0, 0.1) is 33.4 Å². The fourth-order valence-electron chi connectivity index (χ4n) is 1.99. The van der Waals surface area contributed by atoms with Gasteiger partial charge in [0.2, 0.25) is 0 Å². The van der Waals surface area contributed by atoms with Gasteiger partial charge in [-0.05, 0) is 6.07 Å². The number of rotatable bonds is 5. The summed E-state index contributed by atoms with van der Waals surface area (Å²) in [5, 5.41) is 14.5. The molecule has 2 rings (SSSR count). The Bertz CT molecular complexity index is 830. The average Bonchev–Trinajstić information content (AvgIpc) is 2.55. The quantitative estimate of drug-likeness (QED) is 0.292. The van der Waals surface area contributed by atoms with Gasteiger partial charge in [0, 0.05) is 31.8 Å². The SMILES string of the molecule is CN(C)c1ccc(/C=N\Nc2c(F)c(F)cc(F)c2F)cc1[N+](=O)[O-]. The van der Waals surface area contributed by atoms with Crippen molar-refractivity contribution in [3.63, 3.8) is 0 Å². The second-order valence-electron chi connectivity index (χ2n) is 5.11. The molecule has 2 aromatic rings. The molecule has 0 unspecified atom stereocenters. The third-order valence-corrected chi connectivity index (χ3v) is 3.18. The van der Waals surface area contributed by atoms with Crippen molar-refractivity contribution in [2.24, 2.45) is 5.10 Å². The van der Waals surface area contributed by atoms with E-state index in [0.29, 0.717) is 5.69 Å². The predicted octanol–water partition coefficient (Wildman–Crippen LogP) is 3.66. The lowest BCUT2D eigenvalue weighted by molar-refractivity contribution is -0.384. The smallest absolute Gasteiger partial charge is 0.293 e. The van der Waals surface area contributed by atoms with E-state index in [-0.39, 0.29) is 17.3 Å². The highest BCUT2D eigenvalue weighted by atomic mass is 19.2. The zero-order chi connectivity index (χ0) is 18.7. The first-order chi connectivity index (χ1) is 11.7. The number of halogens is 4. The molecule has 0 aliphatic heterocycles. The van der Waals surface area contributed by atoms with E-state index in [0.717, 1.165) is 6.21 Å². The Hall–Kier alpha value is -3.17. The molecule has 0 amide bonds. The number of nitrogens with zero attached hydrogens (tertiary/aromatic N) is 3. The van der Waals surface area contributed by atoms with E-state index in [1.807, 2.05) is 5.43 Å². The summed E-state index contributed by atoms with van der Waals surface area (Å²) in [7, 11) is 3.25. The molecule has 10 heteroatoms. The summed E-state index contributed by atoms with van der Waals surface area (Å²) in [4.78, 5) is 12.0. The number of nitrogens with one attached hydrogen (secondary N) is 1. The van der Waals surface area contributed by atoms with Gasteiger partial charge in [-0.15, -0.1) is 0 Å². The van der Waals surface area contributed by atoms with Gasteiger partial charge in [0.15, 0.2) is 23.3 Å². The fourth-order valence-corrected chi connectivity index (χ4v) is 1.99. The van der Waals surface area contributed by atoms with Gasteiger partial charge >= 0.3 is 0 Å². The van der Waals surface area contributed by atoms with Gasteiger partial charge in [-0.2, -0.15) is 5.10 Å². The molecule has 132 valence electrons. The van der Waals surface area contributed by atoms with Crippen LogP contribution in [-0.4, -0.2) is 25.2 Å². The molecule has 0 radical (unpaired) electrons. The topological polar surface area (TPSA) is 70.8 Å². The Kier molecular flexibility index (Phi) is 5.20. The molecule has 0 fully saturated rings. The third-order valence-electron chi connectivity index (χ3n) is 3.18. The van der Waals surface area contributed by atoms with Gasteiger partial charge in [0.1, 0.15) is 11.4 Å². The molecule has 0 aromatic heterocycles. The van der Waals surface area contributed by atoms with Crippen molar-refractivity contribution in [2.45, 2.75) is 0 Å². The van der Waals surface area contributed by atoms with E-state index in [1.54, 1.807) is 14.1 Å². The van der Waals surface area contributed by atoms with Gasteiger partial charge in [-0.25, -0.2) is 17.6 Å². The molecule has 0 aliphatic rings. The summed E-state index contributed by atoms with van der Waals surface area (Å²) in [6.07, 6.45) is 1.02. The standard InChI is InChI=1S/C15H12F4N4O2/c1-22(2)11-4-3-8(5-12(11)23(24)25)7-20-21-15-13(18)9(16)6-10(17)14(15)19/h3-7,21H,1-2H3/b20-7-. The number of benzene rings is 2. The monoisotopic (exact) mass is 356 g/mol. The van der Waals surface area contributed by atoms with Crippen LogP contribution in [0.4, 0.5) is 34.6 Å². The molecule has 0 saturated heterocycles. The largest absolute Gasteiger partial charge is 0.372 e. The number of hydrogen-bond acceptors (Lipinski definition) is 5. The van der Waals surface area contributed by atoms with Crippen molar-refractivity contribution in [3.8, 4) is 0 Å². The van der Waals surface area contributed by atoms with Crippen molar-refractivity contribution >= 4 is 23.3 Å². The van der Waals surface area contributed by atoms with E-state index >= 15 is 0 Å². The van der Waals surface area contributed by atoms with Gasteiger partial charge in [0.25, 0.3) is 5.69 Å². The molecule has 0 spiro atoms. The molecule has 0 aliphatic carbocycles. The van der Waals surface area contributed by atoms with Crippen LogP contribution in [0.25, 0.3) is 0 Å². The third kappa shape index (κ3) is 3.84. The molecule has 25 heavy (non-hydrogen) atoms. The van der Waals surface area contributed by atoms with Gasteiger partial charge in [0.05, 0.1) is 11.1 Å². The van der Waals surface area contributed by atoms with Crippen molar-refractivity contribution in [2.75, 3.05) is 24.4 Å². The minimum atomic E-state index is -1.63. The van der Waals surface area contributed by atoms with Crippen LogP contribution < -0.4 is 10.3 Å². The second-order valence-corrected chi connectivity index (χ2v) is 5.11. The summed E-state index contributed by atoms with van der Waals surface area (Å²) in [5.74, 6) is -6.43. The van der Waals surface area contributed by atoms with Crippen molar-refractivity contribution in [1.29, 1.82) is 0 Å². The molecule has 0 bridgehead atoms. The van der Waals surface area contributed by atoms with E-state index in [2.05, 4.69) is 5.10 Å². The van der Waals surface area contributed by atoms with E-state index in [1.165, 1.54) is 23.1 Å². The van der Waals surface area contributed by atoms with Gasteiger partial charge in [-0.1, -0.05) is 6.07 Å². The maximum Gasteiger partial charge on any atom is 0.293 e. The van der Waals surface area contributed by atoms with Crippen LogP contribution in [0.15, 0.2) is 29.4 Å². The highest BCUT2D eigenvalue weighted by Crippen LogP contribution is 2.27. The van der Waals surface area contributed by atoms with Crippen molar-refractivity contribution < 1.29 is 22.5 Å². The van der Waals surface area contributed by atoms with Crippen LogP contribution in [0.2, 0.25) is 0 Å². The first kappa shape index (κ1) is 18.2. The van der Waals surface area contributed by atoms with Crippen molar-refractivity contribution in [1.82, 2.24) is 0 Å². The normalized spacial score (nSPS) is 11.0. The molecule has 0 atom stereocenters. The number of nitro groups is 1. The van der Waals surface area contributed by atoms with Crippen LogP contribution in [0.1, 0.15) is 5.56 Å². The molecule has 1 N–H and O–H groups in total. The lowest BCUT2D eigenvalue weighted by Gasteiger charge is -2.12. The Morgan fingerprint density at radius 3 is 2.24 bits per heavy atom. The Labute approximate surface area is 139 Å². The average molecular weight is 356 g/mol. The summed E-state index contributed by atoms with van der Waals surface area (Å²) < 4.78 is 53.1. The van der Waals surface area contributed by atoms with Crippen LogP contribution in [0.3, 0.4) is 0 Å². The summed E-state index contributed by atoms with van der Waals surface area (Å²) >= 11 is 0. The van der Waals surface area contributed by atoms with E-state index in [9.17, 15) is 27.7 Å². The first-order valence-corrected chi connectivity index (χ1v) is 6.80. The molecule has 2 aromatic carbocycles. The highest BCUT2D eigenvalue weighted by molar-refractivity contribution is 5.83. The fraction of sp³-hybridized carbons (Fsp3) is 0.133. The maximum absolute atomic E-state index is 13.5. The lowest BCUT2D eigenvalue weighted by atomic mass is 10.2. The van der Waals surface area contributed by atoms with Crippen LogP contribution in [-0.2, 0) is 0 Å². The highest BCUT2D eigenvalue weighted by Gasteiger charge is 2.19. The van der Waals surface area contributed by atoms with E-state index in [4.69, 9.17) is 0 Å². The molecule has 0 saturated carbocycles. The first-order valence-electron chi connectivity index (χ1n) is 6.80. The number of hydrazone groups is 1. The zero-order valence-corrected chi connectivity index (χ0v) is 13.1. The predicted molar refractivity (Wildman–Crippen MR) is 84.9 cm³/mol. The number of hydrogen-bond donors (Lipinski definition) is 1. The summed E-state index contributed by atoms with van der Waals surface area (Å²) in [6, 6.07) is 4.21. The Morgan fingerprint density at radius 1 is 1.12 bits per heavy atom. The molecular weight excluding hydrogens is 344 g/mol. The maximum atomic E-state index is 13.5. The minimum absolute atomic E-state index is 0.0723. The van der Waals surface area contributed by atoms with Gasteiger partial charge in [-0.3, -0.25) is 15.5 Å².